The summed E-state index contributed by atoms with van der Waals surface area (Å²) >= 11 is 0. The molecular formula is C46H72N2O7. The second-order valence-corrected chi connectivity index (χ2v) is 13.3. The van der Waals surface area contributed by atoms with Crippen molar-refractivity contribution in [2.75, 3.05) is 13.2 Å². The van der Waals surface area contributed by atoms with Gasteiger partial charge in [0.25, 0.3) is 0 Å². The standard InChI is InChI=1S/C46H72N2O7/c1-3-5-7-9-11-13-14-15-16-17-18-19-20-21-22-24-26-28-34-38-45(52)55-41(35-31-27-25-23-12-10-8-6-4-2)36-32-29-30-33-37-43(50)47-39-44(51)48-42(40-49)46(53)54/h5,7,11,13,15-16,18-19,21-23,25-26,28,31,35,41-42,49H,3-4,6,8-10,12,14,17,20,24,27,29-30,32-34,36-40H2,1-2H3,(H,47,50)(H,48,51)(H,53,54)/b7-5-,13-11-,16-15-,19-18-,22-21-,25-23-,28-26-,35-31-. The quantitative estimate of drug-likeness (QED) is 0.0286. The van der Waals surface area contributed by atoms with E-state index in [2.05, 4.69) is 110 Å². The molecule has 9 heteroatoms. The number of unbranched alkanes of at least 4 members (excludes halogenated alkanes) is 7. The summed E-state index contributed by atoms with van der Waals surface area (Å²) in [6.07, 6.45) is 51.7. The van der Waals surface area contributed by atoms with Crippen LogP contribution < -0.4 is 10.6 Å². The minimum Gasteiger partial charge on any atom is -0.480 e. The van der Waals surface area contributed by atoms with E-state index in [-0.39, 0.29) is 30.9 Å². The Bertz CT molecular complexity index is 1240. The van der Waals surface area contributed by atoms with E-state index in [1.165, 1.54) is 25.7 Å². The van der Waals surface area contributed by atoms with Gasteiger partial charge in [0.15, 0.2) is 0 Å². The Hall–Kier alpha value is -4.24. The van der Waals surface area contributed by atoms with Crippen LogP contribution in [0.25, 0.3) is 0 Å². The fourth-order valence-corrected chi connectivity index (χ4v) is 5.16. The molecule has 2 atom stereocenters. The Morgan fingerprint density at radius 1 is 0.582 bits per heavy atom. The van der Waals surface area contributed by atoms with Gasteiger partial charge in [0.05, 0.1) is 13.2 Å². The molecule has 55 heavy (non-hydrogen) atoms. The first-order chi connectivity index (χ1) is 26.8. The van der Waals surface area contributed by atoms with Crippen LogP contribution in [-0.4, -0.2) is 59.3 Å². The second kappa shape index (κ2) is 39.5. The lowest BCUT2D eigenvalue weighted by Crippen LogP contribution is -2.47. The van der Waals surface area contributed by atoms with Crippen LogP contribution in [0.4, 0.5) is 0 Å². The van der Waals surface area contributed by atoms with E-state index in [1.54, 1.807) is 0 Å². The van der Waals surface area contributed by atoms with E-state index >= 15 is 0 Å². The lowest BCUT2D eigenvalue weighted by molar-refractivity contribution is -0.147. The number of aliphatic carboxylic acids is 1. The summed E-state index contributed by atoms with van der Waals surface area (Å²) in [4.78, 5) is 47.5. The van der Waals surface area contributed by atoms with Gasteiger partial charge in [0.1, 0.15) is 12.1 Å². The van der Waals surface area contributed by atoms with Gasteiger partial charge < -0.3 is 25.6 Å². The molecule has 0 aromatic carbocycles. The number of nitrogens with one attached hydrogen (secondary N) is 2. The highest BCUT2D eigenvalue weighted by Gasteiger charge is 2.18. The third-order valence-corrected chi connectivity index (χ3v) is 8.31. The number of rotatable bonds is 35. The lowest BCUT2D eigenvalue weighted by Gasteiger charge is -2.14. The van der Waals surface area contributed by atoms with Crippen LogP contribution in [0.3, 0.4) is 0 Å². The van der Waals surface area contributed by atoms with Gasteiger partial charge in [-0.1, -0.05) is 137 Å². The fraction of sp³-hybridized carbons (Fsp3) is 0.565. The third-order valence-electron chi connectivity index (χ3n) is 8.31. The molecule has 0 fully saturated rings. The zero-order valence-electron chi connectivity index (χ0n) is 33.9. The molecule has 0 spiro atoms. The summed E-state index contributed by atoms with van der Waals surface area (Å²) in [5.74, 6) is -2.54. The summed E-state index contributed by atoms with van der Waals surface area (Å²) in [5, 5.41) is 22.5. The van der Waals surface area contributed by atoms with E-state index < -0.39 is 24.5 Å². The molecule has 0 aromatic rings. The molecule has 2 amide bonds. The maximum atomic E-state index is 12.7. The SMILES string of the molecule is CC/C=C\C/C=C\C/C=C\C/C=C\C/C=C\C/C=C\CCC(=O)OC(/C=C\C/C=C\CCCCCC)CCCCCCC(=O)NCC(=O)NC(CO)C(=O)O. The smallest absolute Gasteiger partial charge is 0.328 e. The fourth-order valence-electron chi connectivity index (χ4n) is 5.16. The molecule has 0 radical (unpaired) electrons. The molecule has 9 nitrogen and oxygen atoms in total. The van der Waals surface area contributed by atoms with Crippen LogP contribution >= 0.6 is 0 Å². The van der Waals surface area contributed by atoms with E-state index in [0.29, 0.717) is 25.7 Å². The van der Waals surface area contributed by atoms with Crippen molar-refractivity contribution in [2.24, 2.45) is 0 Å². The van der Waals surface area contributed by atoms with Crippen LogP contribution in [0, 0.1) is 0 Å². The van der Waals surface area contributed by atoms with Gasteiger partial charge in [-0.2, -0.15) is 0 Å². The highest BCUT2D eigenvalue weighted by atomic mass is 16.5. The molecular weight excluding hydrogens is 693 g/mol. The molecule has 4 N–H and O–H groups in total. The summed E-state index contributed by atoms with van der Waals surface area (Å²) in [6, 6.07) is -1.40. The zero-order valence-corrected chi connectivity index (χ0v) is 33.9. The number of carboxylic acid groups (broad SMARTS) is 1. The molecule has 2 unspecified atom stereocenters. The largest absolute Gasteiger partial charge is 0.480 e. The van der Waals surface area contributed by atoms with Gasteiger partial charge in [-0.15, -0.1) is 0 Å². The van der Waals surface area contributed by atoms with Crippen molar-refractivity contribution in [3.8, 4) is 0 Å². The normalized spacial score (nSPS) is 13.5. The summed E-state index contributed by atoms with van der Waals surface area (Å²) in [7, 11) is 0. The number of aliphatic hydroxyl groups is 1. The van der Waals surface area contributed by atoms with Gasteiger partial charge >= 0.3 is 11.9 Å². The van der Waals surface area contributed by atoms with E-state index in [4.69, 9.17) is 14.9 Å². The molecule has 0 bridgehead atoms. The number of esters is 1. The van der Waals surface area contributed by atoms with Crippen molar-refractivity contribution in [2.45, 2.75) is 154 Å². The first-order valence-corrected chi connectivity index (χ1v) is 20.6. The lowest BCUT2D eigenvalue weighted by atomic mass is 10.1. The maximum Gasteiger partial charge on any atom is 0.328 e. The molecule has 308 valence electrons. The maximum absolute atomic E-state index is 12.7. The number of hydrogen-bond acceptors (Lipinski definition) is 6. The van der Waals surface area contributed by atoms with Crippen LogP contribution in [0.1, 0.15) is 142 Å². The highest BCUT2D eigenvalue weighted by Crippen LogP contribution is 2.13. The van der Waals surface area contributed by atoms with Crippen molar-refractivity contribution in [3.63, 3.8) is 0 Å². The minimum atomic E-state index is -1.40. The van der Waals surface area contributed by atoms with Crippen LogP contribution in [0.2, 0.25) is 0 Å². The summed E-state index contributed by atoms with van der Waals surface area (Å²) < 4.78 is 5.84. The van der Waals surface area contributed by atoms with Gasteiger partial charge in [-0.25, -0.2) is 4.79 Å². The highest BCUT2D eigenvalue weighted by molar-refractivity contribution is 5.87. The predicted molar refractivity (Wildman–Crippen MR) is 226 cm³/mol. The monoisotopic (exact) mass is 765 g/mol. The molecule has 0 aliphatic heterocycles. The molecule has 0 saturated carbocycles. The van der Waals surface area contributed by atoms with Crippen molar-refractivity contribution in [3.05, 3.63) is 97.2 Å². The summed E-state index contributed by atoms with van der Waals surface area (Å²) in [5.41, 5.74) is 0. The second-order valence-electron chi connectivity index (χ2n) is 13.3. The first-order valence-electron chi connectivity index (χ1n) is 20.6. The molecule has 0 saturated heterocycles. The molecule has 0 rings (SSSR count). The Balaban J connectivity index is 4.49. The average Bonchev–Trinajstić information content (AvgIpc) is 3.17. The molecule has 0 heterocycles. The summed E-state index contributed by atoms with van der Waals surface area (Å²) in [6.45, 7) is 3.27. The number of carbonyl (C=O) groups is 4. The number of amides is 2. The van der Waals surface area contributed by atoms with E-state index in [0.717, 1.165) is 70.6 Å². The van der Waals surface area contributed by atoms with Crippen LogP contribution in [0.5, 0.6) is 0 Å². The number of aliphatic hydroxyl groups excluding tert-OH is 1. The number of ether oxygens (including phenoxy) is 1. The topological polar surface area (TPSA) is 142 Å². The van der Waals surface area contributed by atoms with Gasteiger partial charge in [-0.05, 0) is 89.5 Å². The zero-order chi connectivity index (χ0) is 40.5. The van der Waals surface area contributed by atoms with Crippen molar-refractivity contribution >= 4 is 23.8 Å². The minimum absolute atomic E-state index is 0.213. The number of allylic oxidation sites excluding steroid dienone is 15. The predicted octanol–water partition coefficient (Wildman–Crippen LogP) is 9.87. The van der Waals surface area contributed by atoms with E-state index in [9.17, 15) is 19.2 Å². The van der Waals surface area contributed by atoms with Gasteiger partial charge in [0, 0.05) is 12.8 Å². The Labute approximate surface area is 332 Å². The number of carboxylic acids is 1. The number of hydrogen-bond donors (Lipinski definition) is 4. The first kappa shape index (κ1) is 50.8. The molecule has 0 aromatic heterocycles. The van der Waals surface area contributed by atoms with Crippen molar-refractivity contribution in [1.29, 1.82) is 0 Å². The van der Waals surface area contributed by atoms with Crippen molar-refractivity contribution in [1.82, 2.24) is 10.6 Å². The third kappa shape index (κ3) is 36.5. The average molecular weight is 765 g/mol. The van der Waals surface area contributed by atoms with E-state index in [1.807, 2.05) is 12.2 Å². The number of carbonyl (C=O) groups excluding carboxylic acids is 3. The van der Waals surface area contributed by atoms with Gasteiger partial charge in [0.2, 0.25) is 11.8 Å². The molecule has 0 aliphatic carbocycles. The molecule has 0 aliphatic rings. The van der Waals surface area contributed by atoms with Crippen LogP contribution in [0.15, 0.2) is 97.2 Å². The Kier molecular flexibility index (Phi) is 36.4. The Morgan fingerprint density at radius 3 is 1.67 bits per heavy atom. The Morgan fingerprint density at radius 2 is 1.11 bits per heavy atom. The van der Waals surface area contributed by atoms with Gasteiger partial charge in [-0.3, -0.25) is 14.4 Å². The van der Waals surface area contributed by atoms with Crippen LogP contribution in [-0.2, 0) is 23.9 Å². The van der Waals surface area contributed by atoms with Crippen molar-refractivity contribution < 1.29 is 34.1 Å².